The van der Waals surface area contributed by atoms with Crippen LogP contribution >= 0.6 is 0 Å². The van der Waals surface area contributed by atoms with Gasteiger partial charge in [-0.1, -0.05) is 0 Å². The molecule has 0 spiro atoms. The second-order valence-electron chi connectivity index (χ2n) is 7.48. The van der Waals surface area contributed by atoms with Crippen LogP contribution in [0, 0.1) is 6.92 Å². The lowest BCUT2D eigenvalue weighted by molar-refractivity contribution is 0.0949. The van der Waals surface area contributed by atoms with E-state index in [1.165, 1.54) is 0 Å². The molecule has 0 saturated heterocycles. The van der Waals surface area contributed by atoms with E-state index in [-0.39, 0.29) is 5.91 Å². The SMILES string of the molecule is Cc1nn2cc1C1=NCc3ncc(cc31)-c1c(nc3ncccn13)C(=O)NCCC2. The Kier molecular flexibility index (Phi) is 3.58. The van der Waals surface area contributed by atoms with Gasteiger partial charge in [-0.3, -0.25) is 23.9 Å². The summed E-state index contributed by atoms with van der Waals surface area (Å²) in [7, 11) is 0. The lowest BCUT2D eigenvalue weighted by Gasteiger charge is -2.09. The lowest BCUT2D eigenvalue weighted by Crippen LogP contribution is -2.26. The molecule has 0 fully saturated rings. The van der Waals surface area contributed by atoms with E-state index < -0.39 is 0 Å². The molecule has 9 heteroatoms. The molecule has 30 heavy (non-hydrogen) atoms. The van der Waals surface area contributed by atoms with E-state index in [9.17, 15) is 4.79 Å². The molecule has 4 bridgehead atoms. The summed E-state index contributed by atoms with van der Waals surface area (Å²) in [6.45, 7) is 3.77. The van der Waals surface area contributed by atoms with Crippen LogP contribution in [0.1, 0.15) is 39.4 Å². The first-order chi connectivity index (χ1) is 14.7. The fraction of sp³-hybridized carbons (Fsp3) is 0.238. The molecule has 1 amide bonds. The third-order valence-electron chi connectivity index (χ3n) is 5.56. The molecule has 0 atom stereocenters. The molecule has 1 N–H and O–H groups in total. The zero-order valence-corrected chi connectivity index (χ0v) is 16.3. The molecule has 4 aromatic heterocycles. The first-order valence-corrected chi connectivity index (χ1v) is 9.89. The van der Waals surface area contributed by atoms with Gasteiger partial charge in [0.15, 0.2) is 5.69 Å². The van der Waals surface area contributed by atoms with E-state index in [1.807, 2.05) is 40.5 Å². The average molecular weight is 398 g/mol. The number of aryl methyl sites for hydroxylation is 2. The largest absolute Gasteiger partial charge is 0.351 e. The molecule has 0 saturated carbocycles. The number of amides is 1. The molecule has 0 radical (unpaired) electrons. The number of hydrogen-bond acceptors (Lipinski definition) is 6. The van der Waals surface area contributed by atoms with Gasteiger partial charge in [0.1, 0.15) is 0 Å². The summed E-state index contributed by atoms with van der Waals surface area (Å²) < 4.78 is 3.75. The van der Waals surface area contributed by atoms with Crippen molar-refractivity contribution >= 4 is 17.4 Å². The van der Waals surface area contributed by atoms with Crippen LogP contribution in [0.25, 0.3) is 17.0 Å². The summed E-state index contributed by atoms with van der Waals surface area (Å²) in [5.74, 6) is 0.256. The molecule has 148 valence electrons. The number of carbonyl (C=O) groups is 1. The normalized spacial score (nSPS) is 15.5. The van der Waals surface area contributed by atoms with Gasteiger partial charge in [0.2, 0.25) is 5.78 Å². The van der Waals surface area contributed by atoms with Gasteiger partial charge in [-0.15, -0.1) is 0 Å². The number of pyridine rings is 1. The lowest BCUT2D eigenvalue weighted by atomic mass is 10.0. The van der Waals surface area contributed by atoms with Crippen LogP contribution in [0.5, 0.6) is 0 Å². The highest BCUT2D eigenvalue weighted by Crippen LogP contribution is 2.30. The van der Waals surface area contributed by atoms with E-state index >= 15 is 0 Å². The molecule has 9 nitrogen and oxygen atoms in total. The van der Waals surface area contributed by atoms with Crippen molar-refractivity contribution in [1.29, 1.82) is 0 Å². The summed E-state index contributed by atoms with van der Waals surface area (Å²) in [5, 5.41) is 7.61. The number of fused-ring (bicyclic) bond motifs is 8. The van der Waals surface area contributed by atoms with E-state index in [0.717, 1.165) is 40.2 Å². The van der Waals surface area contributed by atoms with Crippen molar-refractivity contribution in [1.82, 2.24) is 34.4 Å². The first kappa shape index (κ1) is 17.0. The number of imidazole rings is 1. The molecule has 0 aromatic carbocycles. The Morgan fingerprint density at radius 3 is 3.07 bits per heavy atom. The van der Waals surface area contributed by atoms with Crippen LogP contribution in [0.2, 0.25) is 0 Å². The number of hydrogen-bond donors (Lipinski definition) is 1. The van der Waals surface area contributed by atoms with Crippen LogP contribution < -0.4 is 5.32 Å². The smallest absolute Gasteiger partial charge is 0.272 e. The van der Waals surface area contributed by atoms with E-state index in [0.29, 0.717) is 36.8 Å². The second-order valence-corrected chi connectivity index (χ2v) is 7.48. The van der Waals surface area contributed by atoms with Gasteiger partial charge in [0.05, 0.1) is 29.3 Å². The van der Waals surface area contributed by atoms with Crippen molar-refractivity contribution in [2.24, 2.45) is 4.99 Å². The molecule has 0 aliphatic carbocycles. The molecule has 2 aliphatic heterocycles. The Bertz CT molecular complexity index is 1360. The summed E-state index contributed by atoms with van der Waals surface area (Å²) in [5.41, 5.74) is 6.58. The fourth-order valence-electron chi connectivity index (χ4n) is 4.14. The van der Waals surface area contributed by atoms with Crippen LogP contribution in [0.4, 0.5) is 0 Å². The van der Waals surface area contributed by atoms with Crippen LogP contribution in [0.3, 0.4) is 0 Å². The van der Waals surface area contributed by atoms with E-state index in [1.54, 1.807) is 12.4 Å². The highest BCUT2D eigenvalue weighted by molar-refractivity contribution is 6.16. The summed E-state index contributed by atoms with van der Waals surface area (Å²) in [6.07, 6.45) is 8.11. The highest BCUT2D eigenvalue weighted by Gasteiger charge is 2.26. The minimum atomic E-state index is -0.223. The van der Waals surface area contributed by atoms with Crippen molar-refractivity contribution in [3.63, 3.8) is 0 Å². The molecule has 0 unspecified atom stereocenters. The van der Waals surface area contributed by atoms with Crippen molar-refractivity contribution < 1.29 is 4.79 Å². The maximum absolute atomic E-state index is 13.0. The van der Waals surface area contributed by atoms with Crippen molar-refractivity contribution in [2.45, 2.75) is 26.4 Å². The molecule has 2 aliphatic rings. The Labute approximate surface area is 171 Å². The number of aromatic nitrogens is 6. The minimum Gasteiger partial charge on any atom is -0.351 e. The minimum absolute atomic E-state index is 0.223. The maximum atomic E-state index is 13.0. The third kappa shape index (κ3) is 2.48. The van der Waals surface area contributed by atoms with Gasteiger partial charge >= 0.3 is 0 Å². The average Bonchev–Trinajstić information content (AvgIpc) is 3.44. The number of aliphatic imine (C=N–C) groups is 1. The summed E-state index contributed by atoms with van der Waals surface area (Å²) in [6, 6.07) is 3.87. The summed E-state index contributed by atoms with van der Waals surface area (Å²) in [4.78, 5) is 31.2. The quantitative estimate of drug-likeness (QED) is 0.486. The van der Waals surface area contributed by atoms with Gasteiger partial charge in [0, 0.05) is 54.6 Å². The van der Waals surface area contributed by atoms with Gasteiger partial charge in [0.25, 0.3) is 5.91 Å². The Hall–Kier alpha value is -3.88. The zero-order valence-electron chi connectivity index (χ0n) is 16.3. The fourth-order valence-corrected chi connectivity index (χ4v) is 4.14. The van der Waals surface area contributed by atoms with Gasteiger partial charge in [-0.2, -0.15) is 5.10 Å². The first-order valence-electron chi connectivity index (χ1n) is 9.89. The van der Waals surface area contributed by atoms with E-state index in [2.05, 4.69) is 25.4 Å². The van der Waals surface area contributed by atoms with Crippen LogP contribution in [-0.2, 0) is 13.1 Å². The van der Waals surface area contributed by atoms with Gasteiger partial charge < -0.3 is 5.32 Å². The standard InChI is InChI=1S/C21H18N8O/c1-12-15-11-28(27-12)6-2-4-22-20(30)18-19(29-7-3-5-23-21(29)26-18)13-8-14-16(24-9-13)10-25-17(14)15/h3,5,7-9,11H,2,4,6,10H2,1H3,(H,22,30). The molecular formula is C21H18N8O. The van der Waals surface area contributed by atoms with Crippen LogP contribution in [-0.4, -0.2) is 47.3 Å². The van der Waals surface area contributed by atoms with Crippen molar-refractivity contribution in [3.05, 3.63) is 65.1 Å². The summed E-state index contributed by atoms with van der Waals surface area (Å²) >= 11 is 0. The number of rotatable bonds is 0. The Morgan fingerprint density at radius 1 is 1.20 bits per heavy atom. The second kappa shape index (κ2) is 6.31. The Morgan fingerprint density at radius 2 is 2.13 bits per heavy atom. The molecular weight excluding hydrogens is 380 g/mol. The predicted molar refractivity (Wildman–Crippen MR) is 109 cm³/mol. The van der Waals surface area contributed by atoms with Gasteiger partial charge in [-0.25, -0.2) is 9.97 Å². The maximum Gasteiger partial charge on any atom is 0.272 e. The monoisotopic (exact) mass is 398 g/mol. The molecule has 6 rings (SSSR count). The third-order valence-corrected chi connectivity index (χ3v) is 5.56. The number of nitrogens with one attached hydrogen (secondary N) is 1. The predicted octanol–water partition coefficient (Wildman–Crippen LogP) is 1.78. The van der Waals surface area contributed by atoms with E-state index in [4.69, 9.17) is 4.99 Å². The highest BCUT2D eigenvalue weighted by atomic mass is 16.1. The number of carbonyl (C=O) groups excluding carboxylic acids is 1. The Balaban J connectivity index is 1.62. The molecule has 6 heterocycles. The topological polar surface area (TPSA) is 102 Å². The van der Waals surface area contributed by atoms with Gasteiger partial charge in [-0.05, 0) is 25.5 Å². The molecule has 4 aromatic rings. The van der Waals surface area contributed by atoms with Crippen molar-refractivity contribution in [2.75, 3.05) is 6.54 Å². The van der Waals surface area contributed by atoms with Crippen molar-refractivity contribution in [3.8, 4) is 11.3 Å². The zero-order chi connectivity index (χ0) is 20.2. The van der Waals surface area contributed by atoms with Crippen LogP contribution in [0.15, 0.2) is 41.9 Å². The number of nitrogens with zero attached hydrogens (tertiary/aromatic N) is 7.